The van der Waals surface area contributed by atoms with Crippen LogP contribution < -0.4 is 16.6 Å². The molecule has 0 aliphatic carbocycles. The van der Waals surface area contributed by atoms with Crippen LogP contribution in [0, 0.1) is 0 Å². The number of hydrogen-bond donors (Lipinski definition) is 3. The van der Waals surface area contributed by atoms with Crippen molar-refractivity contribution < 1.29 is 0 Å². The van der Waals surface area contributed by atoms with Gasteiger partial charge in [0, 0.05) is 17.0 Å². The largest absolute Gasteiger partial charge is 0.383 e. The quantitative estimate of drug-likeness (QED) is 0.735. The molecule has 1 unspecified atom stereocenters. The van der Waals surface area contributed by atoms with E-state index in [2.05, 4.69) is 35.2 Å². The minimum atomic E-state index is -0.239. The van der Waals surface area contributed by atoms with Gasteiger partial charge in [0.05, 0.1) is 0 Å². The lowest BCUT2D eigenvalue weighted by Crippen LogP contribution is -2.18. The van der Waals surface area contributed by atoms with Crippen LogP contribution in [0.2, 0.25) is 0 Å². The second-order valence-corrected chi connectivity index (χ2v) is 5.43. The van der Waals surface area contributed by atoms with Crippen molar-refractivity contribution in [1.29, 1.82) is 0 Å². The Balaban J connectivity index is 2.31. The van der Waals surface area contributed by atoms with E-state index in [1.807, 2.05) is 18.2 Å². The van der Waals surface area contributed by atoms with Crippen LogP contribution in [-0.4, -0.2) is 16.5 Å². The lowest BCUT2D eigenvalue weighted by molar-refractivity contribution is 0.590. The lowest BCUT2D eigenvalue weighted by atomic mass is 10.1. The van der Waals surface area contributed by atoms with Crippen molar-refractivity contribution in [3.05, 3.63) is 46.2 Å². The molecule has 6 heteroatoms. The molecule has 0 amide bonds. The highest BCUT2D eigenvalue weighted by Gasteiger charge is 2.11. The molecule has 0 saturated carbocycles. The van der Waals surface area contributed by atoms with Crippen LogP contribution in [0.3, 0.4) is 0 Å². The van der Waals surface area contributed by atoms with Gasteiger partial charge in [-0.1, -0.05) is 36.9 Å². The minimum Gasteiger partial charge on any atom is -0.383 e. The fourth-order valence-electron chi connectivity index (χ4n) is 1.95. The van der Waals surface area contributed by atoms with Gasteiger partial charge in [-0.2, -0.15) is 0 Å². The molecule has 0 aliphatic rings. The van der Waals surface area contributed by atoms with Gasteiger partial charge in [0.25, 0.3) is 5.56 Å². The van der Waals surface area contributed by atoms with Crippen molar-refractivity contribution >= 4 is 17.6 Å². The third-order valence-electron chi connectivity index (χ3n) is 2.84. The Bertz CT molecular complexity index is 641. The van der Waals surface area contributed by atoms with Gasteiger partial charge in [-0.05, 0) is 25.1 Å². The fraction of sp³-hybridized carbons (Fsp3) is 0.286. The summed E-state index contributed by atoms with van der Waals surface area (Å²) in [6.07, 6.45) is 0. The number of anilines is 1. The highest BCUT2D eigenvalue weighted by Crippen LogP contribution is 2.31. The maximum atomic E-state index is 11.4. The summed E-state index contributed by atoms with van der Waals surface area (Å²) in [5.74, 6) is 0.230. The first-order valence-electron chi connectivity index (χ1n) is 6.47. The third-order valence-corrected chi connectivity index (χ3v) is 3.82. The van der Waals surface area contributed by atoms with Crippen molar-refractivity contribution in [2.75, 3.05) is 12.3 Å². The molecule has 2 aromatic rings. The highest BCUT2D eigenvalue weighted by atomic mass is 32.2. The molecule has 0 bridgehead atoms. The SMILES string of the molecule is CCNC(C)c1ccccc1Sc1nc(N)cc(=O)[nH]1. The summed E-state index contributed by atoms with van der Waals surface area (Å²) < 4.78 is 0. The Labute approximate surface area is 122 Å². The first-order chi connectivity index (χ1) is 9.60. The van der Waals surface area contributed by atoms with Gasteiger partial charge in [-0.3, -0.25) is 4.79 Å². The first kappa shape index (κ1) is 14.6. The van der Waals surface area contributed by atoms with E-state index in [1.165, 1.54) is 23.4 Å². The average Bonchev–Trinajstić information content (AvgIpc) is 2.38. The van der Waals surface area contributed by atoms with E-state index >= 15 is 0 Å². The highest BCUT2D eigenvalue weighted by molar-refractivity contribution is 7.99. The van der Waals surface area contributed by atoms with E-state index in [1.54, 1.807) is 0 Å². The zero-order valence-electron chi connectivity index (χ0n) is 11.5. The molecular weight excluding hydrogens is 272 g/mol. The molecule has 0 spiro atoms. The lowest BCUT2D eigenvalue weighted by Gasteiger charge is -2.16. The number of aromatic amines is 1. The smallest absolute Gasteiger partial charge is 0.253 e. The summed E-state index contributed by atoms with van der Waals surface area (Å²) in [5, 5.41) is 3.89. The van der Waals surface area contributed by atoms with Gasteiger partial charge in [0.1, 0.15) is 5.82 Å². The van der Waals surface area contributed by atoms with E-state index < -0.39 is 0 Å². The summed E-state index contributed by atoms with van der Waals surface area (Å²) in [6, 6.07) is 9.56. The van der Waals surface area contributed by atoms with Crippen LogP contribution in [0.25, 0.3) is 0 Å². The van der Waals surface area contributed by atoms with Crippen molar-refractivity contribution in [2.24, 2.45) is 0 Å². The van der Waals surface area contributed by atoms with Crippen LogP contribution in [0.4, 0.5) is 5.82 Å². The molecule has 1 aromatic carbocycles. The standard InChI is InChI=1S/C14H18N4OS/c1-3-16-9(2)10-6-4-5-7-11(10)20-14-17-12(15)8-13(19)18-14/h4-9,16H,3H2,1-2H3,(H3,15,17,18,19). The predicted molar refractivity (Wildman–Crippen MR) is 81.9 cm³/mol. The zero-order chi connectivity index (χ0) is 14.5. The molecule has 0 aliphatic heterocycles. The monoisotopic (exact) mass is 290 g/mol. The van der Waals surface area contributed by atoms with E-state index in [0.29, 0.717) is 5.16 Å². The Kier molecular flexibility index (Phi) is 4.81. The zero-order valence-corrected chi connectivity index (χ0v) is 12.3. The maximum Gasteiger partial charge on any atom is 0.253 e. The molecule has 106 valence electrons. The fourth-order valence-corrected chi connectivity index (χ4v) is 2.97. The predicted octanol–water partition coefficient (Wildman–Crippen LogP) is 2.17. The number of aromatic nitrogens is 2. The molecule has 0 saturated heterocycles. The number of nitrogens with zero attached hydrogens (tertiary/aromatic N) is 1. The molecule has 5 nitrogen and oxygen atoms in total. The number of benzene rings is 1. The van der Waals surface area contributed by atoms with Crippen LogP contribution in [0.5, 0.6) is 0 Å². The Hall–Kier alpha value is -1.79. The molecule has 20 heavy (non-hydrogen) atoms. The summed E-state index contributed by atoms with van der Waals surface area (Å²) in [7, 11) is 0. The van der Waals surface area contributed by atoms with E-state index in [0.717, 1.165) is 11.4 Å². The molecule has 1 aromatic heterocycles. The molecule has 1 heterocycles. The average molecular weight is 290 g/mol. The second kappa shape index (κ2) is 6.58. The van der Waals surface area contributed by atoms with E-state index in [-0.39, 0.29) is 17.4 Å². The van der Waals surface area contributed by atoms with Crippen molar-refractivity contribution in [3.8, 4) is 0 Å². The molecular formula is C14H18N4OS. The van der Waals surface area contributed by atoms with Crippen LogP contribution in [0.1, 0.15) is 25.5 Å². The van der Waals surface area contributed by atoms with E-state index in [4.69, 9.17) is 5.73 Å². The molecule has 4 N–H and O–H groups in total. The second-order valence-electron chi connectivity index (χ2n) is 4.39. The number of H-pyrrole nitrogens is 1. The summed E-state index contributed by atoms with van der Waals surface area (Å²) in [5.41, 5.74) is 6.53. The van der Waals surface area contributed by atoms with Crippen LogP contribution in [0.15, 0.2) is 45.2 Å². The Morgan fingerprint density at radius 3 is 2.90 bits per heavy atom. The van der Waals surface area contributed by atoms with Gasteiger partial charge >= 0.3 is 0 Å². The normalized spacial score (nSPS) is 12.3. The minimum absolute atomic E-state index is 0.230. The molecule has 2 rings (SSSR count). The van der Waals surface area contributed by atoms with Crippen LogP contribution >= 0.6 is 11.8 Å². The number of rotatable bonds is 5. The number of hydrogen-bond acceptors (Lipinski definition) is 5. The van der Waals surface area contributed by atoms with Crippen LogP contribution in [-0.2, 0) is 0 Å². The van der Waals surface area contributed by atoms with Crippen molar-refractivity contribution in [2.45, 2.75) is 29.9 Å². The first-order valence-corrected chi connectivity index (χ1v) is 7.28. The van der Waals surface area contributed by atoms with E-state index in [9.17, 15) is 4.79 Å². The molecule has 1 atom stereocenters. The topological polar surface area (TPSA) is 83.8 Å². The number of nitrogens with two attached hydrogens (primary N) is 1. The Morgan fingerprint density at radius 1 is 1.45 bits per heavy atom. The van der Waals surface area contributed by atoms with Gasteiger partial charge in [0.2, 0.25) is 0 Å². The molecule has 0 fully saturated rings. The molecule has 0 radical (unpaired) electrons. The Morgan fingerprint density at radius 2 is 2.20 bits per heavy atom. The van der Waals surface area contributed by atoms with Gasteiger partial charge in [0.15, 0.2) is 5.16 Å². The van der Waals surface area contributed by atoms with Gasteiger partial charge in [-0.15, -0.1) is 0 Å². The van der Waals surface area contributed by atoms with Gasteiger partial charge < -0.3 is 16.0 Å². The number of nitrogens with one attached hydrogen (secondary N) is 2. The van der Waals surface area contributed by atoms with Crippen molar-refractivity contribution in [3.63, 3.8) is 0 Å². The third kappa shape index (κ3) is 3.61. The summed E-state index contributed by atoms with van der Waals surface area (Å²) in [4.78, 5) is 19.3. The maximum absolute atomic E-state index is 11.4. The summed E-state index contributed by atoms with van der Waals surface area (Å²) in [6.45, 7) is 5.08. The number of nitrogen functional groups attached to an aromatic ring is 1. The van der Waals surface area contributed by atoms with Crippen molar-refractivity contribution in [1.82, 2.24) is 15.3 Å². The van der Waals surface area contributed by atoms with Gasteiger partial charge in [-0.25, -0.2) is 4.98 Å². The summed E-state index contributed by atoms with van der Waals surface area (Å²) >= 11 is 1.41.